The van der Waals surface area contributed by atoms with E-state index < -0.39 is 0 Å². The second kappa shape index (κ2) is 10.1. The van der Waals surface area contributed by atoms with Crippen LogP contribution in [0.1, 0.15) is 39.5 Å². The van der Waals surface area contributed by atoms with Crippen LogP contribution >= 0.6 is 0 Å². The molecule has 4 nitrogen and oxygen atoms in total. The van der Waals surface area contributed by atoms with E-state index >= 15 is 0 Å². The lowest BCUT2D eigenvalue weighted by molar-refractivity contribution is 0.345. The Morgan fingerprint density at radius 2 is 1.58 bits per heavy atom. The SMILES string of the molecule is CCC(C)(CCCN(C)C)N=C=NCCCN(C)C. The Morgan fingerprint density at radius 3 is 2.11 bits per heavy atom. The van der Waals surface area contributed by atoms with E-state index in [1.807, 2.05) is 0 Å². The van der Waals surface area contributed by atoms with Gasteiger partial charge in [-0.15, -0.1) is 0 Å². The predicted molar refractivity (Wildman–Crippen MR) is 84.4 cm³/mol. The maximum atomic E-state index is 4.54. The summed E-state index contributed by atoms with van der Waals surface area (Å²) in [6.07, 6.45) is 4.38. The molecule has 0 aromatic rings. The molecule has 0 rings (SSSR count). The fourth-order valence-electron chi connectivity index (χ4n) is 1.76. The summed E-state index contributed by atoms with van der Waals surface area (Å²) < 4.78 is 0. The Hall–Kier alpha value is -0.700. The minimum absolute atomic E-state index is 0.00105. The van der Waals surface area contributed by atoms with E-state index in [-0.39, 0.29) is 5.54 Å². The van der Waals surface area contributed by atoms with E-state index in [2.05, 4.69) is 67.8 Å². The molecule has 0 aliphatic heterocycles. The highest BCUT2D eigenvalue weighted by atomic mass is 15.1. The van der Waals surface area contributed by atoms with Crippen LogP contribution in [-0.2, 0) is 0 Å². The molecule has 0 heterocycles. The van der Waals surface area contributed by atoms with Crippen molar-refractivity contribution in [3.8, 4) is 0 Å². The van der Waals surface area contributed by atoms with E-state index in [0.717, 1.165) is 38.9 Å². The highest BCUT2D eigenvalue weighted by Gasteiger charge is 2.19. The molecule has 0 N–H and O–H groups in total. The van der Waals surface area contributed by atoms with E-state index in [0.29, 0.717) is 0 Å². The molecule has 0 fully saturated rings. The van der Waals surface area contributed by atoms with Crippen LogP contribution in [0, 0.1) is 0 Å². The van der Waals surface area contributed by atoms with Crippen molar-refractivity contribution in [1.29, 1.82) is 0 Å². The molecule has 19 heavy (non-hydrogen) atoms. The quantitative estimate of drug-likeness (QED) is 0.450. The van der Waals surface area contributed by atoms with Crippen molar-refractivity contribution in [2.45, 2.75) is 45.1 Å². The summed E-state index contributed by atoms with van der Waals surface area (Å²) in [6.45, 7) is 7.39. The summed E-state index contributed by atoms with van der Waals surface area (Å²) in [4.78, 5) is 13.2. The minimum atomic E-state index is 0.00105. The molecular formula is C15H32N4. The normalized spacial score (nSPS) is 14.3. The smallest absolute Gasteiger partial charge is 0.0898 e. The molecule has 0 radical (unpaired) electrons. The van der Waals surface area contributed by atoms with Gasteiger partial charge in [-0.1, -0.05) is 6.92 Å². The molecule has 0 spiro atoms. The number of rotatable bonds is 10. The Balaban J connectivity index is 4.09. The molecule has 112 valence electrons. The lowest BCUT2D eigenvalue weighted by atomic mass is 9.93. The fraction of sp³-hybridized carbons (Fsp3) is 0.933. The average Bonchev–Trinajstić information content (AvgIpc) is 2.33. The summed E-state index contributed by atoms with van der Waals surface area (Å²) in [5, 5.41) is 0. The number of nitrogens with zero attached hydrogens (tertiary/aromatic N) is 4. The zero-order valence-corrected chi connectivity index (χ0v) is 13.7. The zero-order valence-electron chi connectivity index (χ0n) is 13.7. The van der Waals surface area contributed by atoms with Gasteiger partial charge in [0, 0.05) is 0 Å². The highest BCUT2D eigenvalue weighted by molar-refractivity contribution is 5.42. The van der Waals surface area contributed by atoms with Gasteiger partial charge in [-0.05, 0) is 73.9 Å². The molecule has 0 aromatic carbocycles. The van der Waals surface area contributed by atoms with Crippen molar-refractivity contribution in [2.75, 3.05) is 47.8 Å². The highest BCUT2D eigenvalue weighted by Crippen LogP contribution is 2.21. The van der Waals surface area contributed by atoms with Crippen LogP contribution in [0.5, 0.6) is 0 Å². The summed E-state index contributed by atoms with van der Waals surface area (Å²) in [6, 6.07) is 2.91. The summed E-state index contributed by atoms with van der Waals surface area (Å²) in [5.41, 5.74) is 0.00105. The first-order valence-corrected chi connectivity index (χ1v) is 7.32. The predicted octanol–water partition coefficient (Wildman–Crippen LogP) is 2.62. The topological polar surface area (TPSA) is 31.2 Å². The van der Waals surface area contributed by atoms with Crippen LogP contribution in [0.3, 0.4) is 0 Å². The minimum Gasteiger partial charge on any atom is -0.309 e. The van der Waals surface area contributed by atoms with Crippen molar-refractivity contribution in [2.24, 2.45) is 9.98 Å². The third kappa shape index (κ3) is 10.9. The second-order valence-corrected chi connectivity index (χ2v) is 6.01. The molecule has 1 unspecified atom stereocenters. The molecule has 1 atom stereocenters. The van der Waals surface area contributed by atoms with E-state index in [1.54, 1.807) is 0 Å². The third-order valence-electron chi connectivity index (χ3n) is 3.35. The van der Waals surface area contributed by atoms with Gasteiger partial charge in [0.25, 0.3) is 0 Å². The first-order chi connectivity index (χ1) is 8.89. The molecule has 0 saturated heterocycles. The number of hydrogen-bond acceptors (Lipinski definition) is 4. The molecular weight excluding hydrogens is 236 g/mol. The monoisotopic (exact) mass is 268 g/mol. The van der Waals surface area contributed by atoms with Crippen molar-refractivity contribution in [3.63, 3.8) is 0 Å². The Bertz CT molecular complexity index is 280. The molecule has 0 saturated carbocycles. The van der Waals surface area contributed by atoms with Gasteiger partial charge in [0.2, 0.25) is 0 Å². The van der Waals surface area contributed by atoms with E-state index in [1.165, 1.54) is 6.42 Å². The van der Waals surface area contributed by atoms with Gasteiger partial charge in [0.15, 0.2) is 0 Å². The van der Waals surface area contributed by atoms with Crippen LogP contribution < -0.4 is 0 Å². The van der Waals surface area contributed by atoms with E-state index in [4.69, 9.17) is 0 Å². The molecule has 0 aliphatic rings. The van der Waals surface area contributed by atoms with Crippen LogP contribution in [0.4, 0.5) is 0 Å². The lowest BCUT2D eigenvalue weighted by Crippen LogP contribution is -2.23. The number of aliphatic imine (C=N–C) groups is 2. The van der Waals surface area contributed by atoms with Crippen LogP contribution in [0.15, 0.2) is 9.98 Å². The van der Waals surface area contributed by atoms with Crippen molar-refractivity contribution < 1.29 is 0 Å². The molecule has 0 aromatic heterocycles. The van der Waals surface area contributed by atoms with Gasteiger partial charge in [0.1, 0.15) is 0 Å². The van der Waals surface area contributed by atoms with Gasteiger partial charge < -0.3 is 9.80 Å². The van der Waals surface area contributed by atoms with Crippen molar-refractivity contribution >= 4 is 6.01 Å². The van der Waals surface area contributed by atoms with Crippen LogP contribution in [0.2, 0.25) is 0 Å². The zero-order chi connectivity index (χ0) is 14.7. The average molecular weight is 268 g/mol. The Kier molecular flexibility index (Phi) is 9.76. The fourth-order valence-corrected chi connectivity index (χ4v) is 1.76. The molecule has 0 aliphatic carbocycles. The summed E-state index contributed by atoms with van der Waals surface area (Å²) >= 11 is 0. The van der Waals surface area contributed by atoms with Gasteiger partial charge in [-0.25, -0.2) is 9.98 Å². The number of hydrogen-bond donors (Lipinski definition) is 0. The van der Waals surface area contributed by atoms with Crippen molar-refractivity contribution in [3.05, 3.63) is 0 Å². The lowest BCUT2D eigenvalue weighted by Gasteiger charge is -2.22. The van der Waals surface area contributed by atoms with Gasteiger partial charge in [-0.2, -0.15) is 0 Å². The maximum Gasteiger partial charge on any atom is 0.0898 e. The summed E-state index contributed by atoms with van der Waals surface area (Å²) in [5.74, 6) is 0. The van der Waals surface area contributed by atoms with Crippen LogP contribution in [0.25, 0.3) is 0 Å². The Labute approximate surface area is 119 Å². The first kappa shape index (κ1) is 18.3. The van der Waals surface area contributed by atoms with Gasteiger partial charge >= 0.3 is 0 Å². The molecule has 0 amide bonds. The van der Waals surface area contributed by atoms with Gasteiger partial charge in [0.05, 0.1) is 18.1 Å². The summed E-state index contributed by atoms with van der Waals surface area (Å²) in [7, 11) is 8.38. The van der Waals surface area contributed by atoms with Crippen molar-refractivity contribution in [1.82, 2.24) is 9.80 Å². The second-order valence-electron chi connectivity index (χ2n) is 6.01. The van der Waals surface area contributed by atoms with E-state index in [9.17, 15) is 0 Å². The Morgan fingerprint density at radius 1 is 1.00 bits per heavy atom. The largest absolute Gasteiger partial charge is 0.309 e. The van der Waals surface area contributed by atoms with Crippen LogP contribution in [-0.4, -0.2) is 69.2 Å². The molecule has 0 bridgehead atoms. The maximum absolute atomic E-state index is 4.54. The first-order valence-electron chi connectivity index (χ1n) is 7.32. The molecule has 4 heteroatoms. The van der Waals surface area contributed by atoms with Gasteiger partial charge in [-0.3, -0.25) is 0 Å². The standard InChI is InChI=1S/C15H32N4/c1-7-15(2,10-8-12-18(3)4)17-14-16-11-9-13-19(5)6/h7-13H2,1-6H3. The third-order valence-corrected chi connectivity index (χ3v) is 3.35.